The Morgan fingerprint density at radius 3 is 2.00 bits per heavy atom. The number of hydrogen-bond donors (Lipinski definition) is 3. The number of carbonyl (C=O) groups excluding carboxylic acids is 1. The fourth-order valence-corrected chi connectivity index (χ4v) is 0.850. The summed E-state index contributed by atoms with van der Waals surface area (Å²) in [6.07, 6.45) is 5.41. The van der Waals surface area contributed by atoms with Gasteiger partial charge in [-0.05, 0) is 0 Å². The van der Waals surface area contributed by atoms with Crippen LogP contribution in [0.4, 0.5) is 0 Å². The standard InChI is InChI=1S/C5H6N2O2.C4H4N2O2/c1-9-5(8)4-2-6-3-7-4;7-4(8)3-1-5-2-6-3/h2-3H,1H3,(H,6,7);1-2H,(H,5,6)(H,7,8). The minimum atomic E-state index is -0.984. The summed E-state index contributed by atoms with van der Waals surface area (Å²) in [5.74, 6) is -1.38. The van der Waals surface area contributed by atoms with Crippen LogP contribution in [0.1, 0.15) is 21.0 Å². The van der Waals surface area contributed by atoms with Gasteiger partial charge in [0.15, 0.2) is 0 Å². The van der Waals surface area contributed by atoms with E-state index in [9.17, 15) is 9.59 Å². The summed E-state index contributed by atoms with van der Waals surface area (Å²) in [6, 6.07) is 0. The molecule has 0 atom stereocenters. The second kappa shape index (κ2) is 6.05. The highest BCUT2D eigenvalue weighted by Gasteiger charge is 2.03. The molecule has 0 aliphatic carbocycles. The molecule has 8 nitrogen and oxygen atoms in total. The number of aromatic carboxylic acids is 1. The van der Waals surface area contributed by atoms with Gasteiger partial charge in [-0.15, -0.1) is 0 Å². The van der Waals surface area contributed by atoms with E-state index in [1.54, 1.807) is 0 Å². The van der Waals surface area contributed by atoms with Crippen LogP contribution in [0, 0.1) is 0 Å². The van der Waals surface area contributed by atoms with E-state index in [4.69, 9.17) is 5.11 Å². The summed E-state index contributed by atoms with van der Waals surface area (Å²) in [7, 11) is 1.32. The molecule has 0 aromatic carbocycles. The van der Waals surface area contributed by atoms with Crippen LogP contribution in [-0.4, -0.2) is 44.1 Å². The smallest absolute Gasteiger partial charge is 0.356 e. The predicted molar refractivity (Wildman–Crippen MR) is 55.5 cm³/mol. The molecule has 0 bridgehead atoms. The average molecular weight is 238 g/mol. The van der Waals surface area contributed by atoms with Gasteiger partial charge in [0.2, 0.25) is 0 Å². The van der Waals surface area contributed by atoms with Crippen LogP contribution in [0.15, 0.2) is 25.0 Å². The molecule has 0 aliphatic heterocycles. The topological polar surface area (TPSA) is 121 Å². The lowest BCUT2D eigenvalue weighted by Crippen LogP contribution is -2.00. The van der Waals surface area contributed by atoms with Crippen LogP contribution in [0.25, 0.3) is 0 Å². The molecule has 0 radical (unpaired) electrons. The quantitative estimate of drug-likeness (QED) is 0.647. The van der Waals surface area contributed by atoms with Crippen LogP contribution in [0.5, 0.6) is 0 Å². The van der Waals surface area contributed by atoms with Crippen LogP contribution < -0.4 is 0 Å². The number of hydrogen-bond acceptors (Lipinski definition) is 5. The Morgan fingerprint density at radius 2 is 1.71 bits per heavy atom. The number of carbonyl (C=O) groups is 2. The molecular formula is C9H10N4O4. The first kappa shape index (κ1) is 12.4. The van der Waals surface area contributed by atoms with Crippen molar-refractivity contribution in [3.05, 3.63) is 36.4 Å². The fourth-order valence-electron chi connectivity index (χ4n) is 0.850. The van der Waals surface area contributed by atoms with E-state index >= 15 is 0 Å². The number of aromatic nitrogens is 4. The van der Waals surface area contributed by atoms with Crippen molar-refractivity contribution in [3.63, 3.8) is 0 Å². The van der Waals surface area contributed by atoms with Gasteiger partial charge in [-0.3, -0.25) is 0 Å². The number of nitrogens with one attached hydrogen (secondary N) is 2. The van der Waals surface area contributed by atoms with Crippen molar-refractivity contribution < 1.29 is 19.4 Å². The van der Waals surface area contributed by atoms with E-state index in [2.05, 4.69) is 24.7 Å². The lowest BCUT2D eigenvalue weighted by molar-refractivity contribution is 0.0593. The molecule has 3 N–H and O–H groups in total. The van der Waals surface area contributed by atoms with Crippen molar-refractivity contribution in [2.24, 2.45) is 0 Å². The number of carboxylic acids is 1. The van der Waals surface area contributed by atoms with Crippen molar-refractivity contribution in [1.29, 1.82) is 0 Å². The van der Waals surface area contributed by atoms with Crippen LogP contribution >= 0.6 is 0 Å². The normalized spacial score (nSPS) is 9.00. The Balaban J connectivity index is 0.000000171. The van der Waals surface area contributed by atoms with Crippen LogP contribution in [0.3, 0.4) is 0 Å². The molecular weight excluding hydrogens is 228 g/mol. The van der Waals surface area contributed by atoms with Crippen LogP contribution in [0.2, 0.25) is 0 Å². The molecule has 17 heavy (non-hydrogen) atoms. The number of imidazole rings is 2. The van der Waals surface area contributed by atoms with E-state index < -0.39 is 11.9 Å². The van der Waals surface area contributed by atoms with E-state index in [0.717, 1.165) is 0 Å². The largest absolute Gasteiger partial charge is 0.477 e. The van der Waals surface area contributed by atoms with E-state index in [-0.39, 0.29) is 5.69 Å². The van der Waals surface area contributed by atoms with E-state index in [1.165, 1.54) is 32.2 Å². The number of carboxylic acid groups (broad SMARTS) is 1. The van der Waals surface area contributed by atoms with Gasteiger partial charge in [-0.25, -0.2) is 19.6 Å². The van der Waals surface area contributed by atoms with Crippen molar-refractivity contribution in [2.45, 2.75) is 0 Å². The molecule has 0 fully saturated rings. The summed E-state index contributed by atoms with van der Waals surface area (Å²) in [5.41, 5.74) is 0.488. The van der Waals surface area contributed by atoms with E-state index in [0.29, 0.717) is 5.69 Å². The first-order chi connectivity index (χ1) is 8.15. The van der Waals surface area contributed by atoms with Gasteiger partial charge in [0.05, 0.1) is 32.2 Å². The summed E-state index contributed by atoms with van der Waals surface area (Å²) < 4.78 is 4.38. The molecule has 0 spiro atoms. The minimum Gasteiger partial charge on any atom is -0.477 e. The minimum absolute atomic E-state index is 0.116. The molecule has 90 valence electrons. The van der Waals surface area contributed by atoms with Gasteiger partial charge in [-0.1, -0.05) is 0 Å². The zero-order valence-corrected chi connectivity index (χ0v) is 8.88. The zero-order chi connectivity index (χ0) is 12.7. The van der Waals surface area contributed by atoms with Gasteiger partial charge >= 0.3 is 11.9 Å². The Bertz CT molecular complexity index is 463. The lowest BCUT2D eigenvalue weighted by atomic mass is 10.5. The second-order valence-electron chi connectivity index (χ2n) is 2.73. The molecule has 0 saturated carbocycles. The number of esters is 1. The molecule has 2 aromatic rings. The monoisotopic (exact) mass is 238 g/mol. The molecule has 2 rings (SSSR count). The van der Waals surface area contributed by atoms with Crippen molar-refractivity contribution in [3.8, 4) is 0 Å². The fraction of sp³-hybridized carbons (Fsp3) is 0.111. The predicted octanol–water partition coefficient (Wildman–Crippen LogP) is 0.304. The Morgan fingerprint density at radius 1 is 1.18 bits per heavy atom. The number of aromatic amines is 2. The average Bonchev–Trinajstić information content (AvgIpc) is 3.01. The summed E-state index contributed by atoms with van der Waals surface area (Å²) >= 11 is 0. The first-order valence-corrected chi connectivity index (χ1v) is 4.43. The number of H-pyrrole nitrogens is 2. The van der Waals surface area contributed by atoms with Crippen LogP contribution in [-0.2, 0) is 4.74 Å². The summed E-state index contributed by atoms with van der Waals surface area (Å²) in [6.45, 7) is 0. The van der Waals surface area contributed by atoms with Gasteiger partial charge in [0, 0.05) is 0 Å². The van der Waals surface area contributed by atoms with Crippen molar-refractivity contribution >= 4 is 11.9 Å². The van der Waals surface area contributed by atoms with Crippen molar-refractivity contribution in [2.75, 3.05) is 7.11 Å². The Hall–Kier alpha value is -2.64. The molecule has 8 heteroatoms. The highest BCUT2D eigenvalue weighted by Crippen LogP contribution is 1.91. The summed E-state index contributed by atoms with van der Waals surface area (Å²) in [4.78, 5) is 32.7. The number of methoxy groups -OCH3 is 1. The highest BCUT2D eigenvalue weighted by molar-refractivity contribution is 5.86. The SMILES string of the molecule is COC(=O)c1cnc[nH]1.O=C(O)c1cnc[nH]1. The Labute approximate surface area is 95.7 Å². The third-order valence-corrected chi connectivity index (χ3v) is 1.63. The molecule has 0 aliphatic rings. The summed E-state index contributed by atoms with van der Waals surface area (Å²) in [5, 5.41) is 8.20. The second-order valence-corrected chi connectivity index (χ2v) is 2.73. The number of rotatable bonds is 2. The van der Waals surface area contributed by atoms with Gasteiger partial charge in [-0.2, -0.15) is 0 Å². The lowest BCUT2D eigenvalue weighted by Gasteiger charge is -1.90. The first-order valence-electron chi connectivity index (χ1n) is 4.43. The third kappa shape index (κ3) is 3.78. The Kier molecular flexibility index (Phi) is 4.43. The molecule has 0 unspecified atom stereocenters. The van der Waals surface area contributed by atoms with Gasteiger partial charge in [0.25, 0.3) is 0 Å². The maximum absolute atomic E-state index is 10.6. The number of nitrogens with zero attached hydrogens (tertiary/aromatic N) is 2. The number of ether oxygens (including phenoxy) is 1. The maximum atomic E-state index is 10.6. The van der Waals surface area contributed by atoms with E-state index in [1.807, 2.05) is 0 Å². The zero-order valence-electron chi connectivity index (χ0n) is 8.88. The molecule has 2 aromatic heterocycles. The van der Waals surface area contributed by atoms with Crippen molar-refractivity contribution in [1.82, 2.24) is 19.9 Å². The van der Waals surface area contributed by atoms with Gasteiger partial charge in [0.1, 0.15) is 11.4 Å². The maximum Gasteiger partial charge on any atom is 0.356 e. The van der Waals surface area contributed by atoms with Gasteiger partial charge < -0.3 is 19.8 Å². The molecule has 0 saturated heterocycles. The molecule has 0 amide bonds. The highest BCUT2D eigenvalue weighted by atomic mass is 16.5. The molecule has 2 heterocycles. The third-order valence-electron chi connectivity index (χ3n) is 1.63.